The number of amides is 1. The van der Waals surface area contributed by atoms with Crippen molar-refractivity contribution in [3.05, 3.63) is 52.0 Å². The summed E-state index contributed by atoms with van der Waals surface area (Å²) in [6.07, 6.45) is 0. The minimum atomic E-state index is -0.205. The summed E-state index contributed by atoms with van der Waals surface area (Å²) in [5, 5.41) is 2.82. The van der Waals surface area contributed by atoms with Gasteiger partial charge in [-0.15, -0.1) is 0 Å². The maximum Gasteiger partial charge on any atom is 0.226 e. The molecular formula is C19H18BrNO4. The molecule has 1 N–H and O–H groups in total. The van der Waals surface area contributed by atoms with Crippen LogP contribution in [0.4, 0.5) is 5.69 Å². The van der Waals surface area contributed by atoms with E-state index in [2.05, 4.69) is 21.2 Å². The number of hydrogen-bond acceptors (Lipinski definition) is 4. The molecule has 5 nitrogen and oxygen atoms in total. The molecule has 0 fully saturated rings. The molecule has 2 aromatic carbocycles. The molecule has 1 amide bonds. The fourth-order valence-corrected chi connectivity index (χ4v) is 2.68. The number of ether oxygens (including phenoxy) is 2. The van der Waals surface area contributed by atoms with Gasteiger partial charge in [0.2, 0.25) is 5.91 Å². The van der Waals surface area contributed by atoms with Crippen LogP contribution in [-0.4, -0.2) is 24.9 Å². The number of fused-ring (bicyclic) bond motifs is 1. The lowest BCUT2D eigenvalue weighted by Gasteiger charge is -2.21. The van der Waals surface area contributed by atoms with Crippen molar-refractivity contribution in [2.24, 2.45) is 5.92 Å². The molecule has 0 spiro atoms. The van der Waals surface area contributed by atoms with E-state index in [-0.39, 0.29) is 17.6 Å². The van der Waals surface area contributed by atoms with Gasteiger partial charge in [-0.1, -0.05) is 29.8 Å². The lowest BCUT2D eigenvalue weighted by Crippen LogP contribution is -2.21. The summed E-state index contributed by atoms with van der Waals surface area (Å²) >= 11 is 3.36. The van der Waals surface area contributed by atoms with Crippen LogP contribution in [0.25, 0.3) is 0 Å². The molecule has 1 aliphatic heterocycles. The van der Waals surface area contributed by atoms with Gasteiger partial charge in [-0.2, -0.15) is 0 Å². The van der Waals surface area contributed by atoms with Crippen molar-refractivity contribution in [3.8, 4) is 11.5 Å². The second-order valence-corrected chi connectivity index (χ2v) is 6.94. The molecule has 0 atom stereocenters. The summed E-state index contributed by atoms with van der Waals surface area (Å²) in [4.78, 5) is 25.1. The zero-order chi connectivity index (χ0) is 18.0. The van der Waals surface area contributed by atoms with Crippen LogP contribution < -0.4 is 14.8 Å². The van der Waals surface area contributed by atoms with Crippen LogP contribution >= 0.6 is 15.9 Å². The Hall–Kier alpha value is -2.34. The van der Waals surface area contributed by atoms with E-state index < -0.39 is 0 Å². The lowest BCUT2D eigenvalue weighted by atomic mass is 10.00. The quantitative estimate of drug-likeness (QED) is 0.782. The largest absolute Gasteiger partial charge is 0.486 e. The van der Waals surface area contributed by atoms with Crippen molar-refractivity contribution >= 4 is 33.3 Å². The number of anilines is 1. The number of benzene rings is 2. The van der Waals surface area contributed by atoms with Gasteiger partial charge in [0.1, 0.15) is 13.2 Å². The predicted octanol–water partition coefficient (Wildman–Crippen LogP) is 4.05. The molecule has 25 heavy (non-hydrogen) atoms. The molecule has 0 saturated heterocycles. The van der Waals surface area contributed by atoms with Crippen LogP contribution in [0, 0.1) is 5.92 Å². The van der Waals surface area contributed by atoms with Gasteiger partial charge in [-0.05, 0) is 30.3 Å². The Kier molecular flexibility index (Phi) is 5.08. The molecule has 2 aromatic rings. The molecule has 130 valence electrons. The van der Waals surface area contributed by atoms with Crippen LogP contribution in [0.5, 0.6) is 11.5 Å². The normalized spacial score (nSPS) is 12.8. The number of halogens is 1. The van der Waals surface area contributed by atoms with Crippen LogP contribution in [-0.2, 0) is 4.79 Å². The summed E-state index contributed by atoms with van der Waals surface area (Å²) in [6.45, 7) is 4.45. The highest BCUT2D eigenvalue weighted by molar-refractivity contribution is 9.10. The SMILES string of the molecule is CC(C)C(=O)Nc1cc2c(cc1C(=O)c1ccc(Br)cc1)OCCO2. The van der Waals surface area contributed by atoms with Gasteiger partial charge >= 0.3 is 0 Å². The summed E-state index contributed by atoms with van der Waals surface area (Å²) in [6, 6.07) is 10.4. The van der Waals surface area contributed by atoms with Gasteiger partial charge < -0.3 is 14.8 Å². The highest BCUT2D eigenvalue weighted by atomic mass is 79.9. The van der Waals surface area contributed by atoms with Gasteiger partial charge in [-0.3, -0.25) is 9.59 Å². The Labute approximate surface area is 154 Å². The fraction of sp³-hybridized carbons (Fsp3) is 0.263. The van der Waals surface area contributed by atoms with Crippen LogP contribution in [0.15, 0.2) is 40.9 Å². The van der Waals surface area contributed by atoms with E-state index in [1.165, 1.54) is 0 Å². The monoisotopic (exact) mass is 403 g/mol. The third-order valence-corrected chi connectivity index (χ3v) is 4.34. The molecule has 0 aliphatic carbocycles. The van der Waals surface area contributed by atoms with E-state index in [9.17, 15) is 9.59 Å². The van der Waals surface area contributed by atoms with E-state index in [0.717, 1.165) is 4.47 Å². The minimum Gasteiger partial charge on any atom is -0.486 e. The fourth-order valence-electron chi connectivity index (χ4n) is 2.41. The Balaban J connectivity index is 2.04. The molecular weight excluding hydrogens is 386 g/mol. The molecule has 0 saturated carbocycles. The average molecular weight is 404 g/mol. The molecule has 1 heterocycles. The average Bonchev–Trinajstić information content (AvgIpc) is 2.61. The van der Waals surface area contributed by atoms with Gasteiger partial charge in [-0.25, -0.2) is 0 Å². The van der Waals surface area contributed by atoms with Crippen molar-refractivity contribution in [3.63, 3.8) is 0 Å². The predicted molar refractivity (Wildman–Crippen MR) is 98.5 cm³/mol. The minimum absolute atomic E-state index is 0.165. The first-order valence-electron chi connectivity index (χ1n) is 8.00. The number of carbonyl (C=O) groups is 2. The maximum atomic E-state index is 13.0. The van der Waals surface area contributed by atoms with Gasteiger partial charge in [0.25, 0.3) is 0 Å². The van der Waals surface area contributed by atoms with Crippen LogP contribution in [0.3, 0.4) is 0 Å². The van der Waals surface area contributed by atoms with Gasteiger partial charge in [0.15, 0.2) is 17.3 Å². The summed E-state index contributed by atoms with van der Waals surface area (Å²) in [5.74, 6) is 0.473. The molecule has 0 radical (unpaired) electrons. The number of nitrogens with one attached hydrogen (secondary N) is 1. The van der Waals surface area contributed by atoms with Crippen molar-refractivity contribution in [1.29, 1.82) is 0 Å². The Morgan fingerprint density at radius 2 is 1.64 bits per heavy atom. The third kappa shape index (κ3) is 3.85. The van der Waals surface area contributed by atoms with Crippen molar-refractivity contribution in [1.82, 2.24) is 0 Å². The summed E-state index contributed by atoms with van der Waals surface area (Å²) in [5.41, 5.74) is 1.33. The zero-order valence-electron chi connectivity index (χ0n) is 14.0. The summed E-state index contributed by atoms with van der Waals surface area (Å²) < 4.78 is 12.0. The standard InChI is InChI=1S/C19H18BrNO4/c1-11(2)19(23)21-15-10-17-16(24-7-8-25-17)9-14(15)18(22)12-3-5-13(20)6-4-12/h3-6,9-11H,7-8H2,1-2H3,(H,21,23). The number of ketones is 1. The van der Waals surface area contributed by atoms with E-state index in [1.807, 2.05) is 0 Å². The molecule has 0 aromatic heterocycles. The van der Waals surface area contributed by atoms with Crippen LogP contribution in [0.2, 0.25) is 0 Å². The second kappa shape index (κ2) is 7.27. The Morgan fingerprint density at radius 3 is 2.24 bits per heavy atom. The third-order valence-electron chi connectivity index (χ3n) is 3.82. The summed E-state index contributed by atoms with van der Waals surface area (Å²) in [7, 11) is 0. The first kappa shape index (κ1) is 17.5. The van der Waals surface area contributed by atoms with E-state index in [4.69, 9.17) is 9.47 Å². The highest BCUT2D eigenvalue weighted by Gasteiger charge is 2.22. The van der Waals surface area contributed by atoms with Gasteiger partial charge in [0.05, 0.1) is 11.3 Å². The molecule has 3 rings (SSSR count). The molecule has 6 heteroatoms. The van der Waals surface area contributed by atoms with E-state index >= 15 is 0 Å². The molecule has 0 unspecified atom stereocenters. The topological polar surface area (TPSA) is 64.6 Å². The first-order valence-corrected chi connectivity index (χ1v) is 8.80. The maximum absolute atomic E-state index is 13.0. The Morgan fingerprint density at radius 1 is 1.04 bits per heavy atom. The Bertz CT molecular complexity index is 815. The van der Waals surface area contributed by atoms with Gasteiger partial charge in [0, 0.05) is 22.0 Å². The van der Waals surface area contributed by atoms with Crippen molar-refractivity contribution < 1.29 is 19.1 Å². The van der Waals surface area contributed by atoms with E-state index in [1.54, 1.807) is 50.2 Å². The molecule has 0 bridgehead atoms. The van der Waals surface area contributed by atoms with E-state index in [0.29, 0.717) is 41.5 Å². The molecule has 1 aliphatic rings. The van der Waals surface area contributed by atoms with Crippen molar-refractivity contribution in [2.45, 2.75) is 13.8 Å². The zero-order valence-corrected chi connectivity index (χ0v) is 15.6. The lowest BCUT2D eigenvalue weighted by molar-refractivity contribution is -0.118. The second-order valence-electron chi connectivity index (χ2n) is 6.02. The number of rotatable bonds is 4. The smallest absolute Gasteiger partial charge is 0.226 e. The van der Waals surface area contributed by atoms with Crippen molar-refractivity contribution in [2.75, 3.05) is 18.5 Å². The first-order chi connectivity index (χ1) is 12.0. The number of hydrogen-bond donors (Lipinski definition) is 1. The number of carbonyl (C=O) groups excluding carboxylic acids is 2. The van der Waals surface area contributed by atoms with Crippen LogP contribution in [0.1, 0.15) is 29.8 Å². The highest BCUT2D eigenvalue weighted by Crippen LogP contribution is 2.36.